The van der Waals surface area contributed by atoms with Crippen molar-refractivity contribution in [3.05, 3.63) is 106 Å². The number of hydrogen-bond donors (Lipinski definition) is 2. The Labute approximate surface area is 192 Å². The summed E-state index contributed by atoms with van der Waals surface area (Å²) in [5.41, 5.74) is 4.26. The molecule has 5 rings (SSSR count). The number of aliphatic hydroxyl groups excluding tert-OH is 1. The maximum absolute atomic E-state index is 12.8. The molecule has 0 radical (unpaired) electrons. The molecule has 3 heterocycles. The second kappa shape index (κ2) is 7.66. The van der Waals surface area contributed by atoms with E-state index in [9.17, 15) is 18.8 Å². The summed E-state index contributed by atoms with van der Waals surface area (Å²) in [6.07, 6.45) is 4.45. The van der Waals surface area contributed by atoms with Crippen molar-refractivity contribution in [1.29, 1.82) is 0 Å². The van der Waals surface area contributed by atoms with Crippen LogP contribution in [0.15, 0.2) is 88.8 Å². The molecule has 1 atom stereocenters. The highest BCUT2D eigenvalue weighted by Crippen LogP contribution is 2.40. The topological polar surface area (TPSA) is 87.7 Å². The van der Waals surface area contributed by atoms with Gasteiger partial charge in [-0.2, -0.15) is 4.57 Å². The molecular weight excluding hydrogens is 438 g/mol. The maximum atomic E-state index is 12.8. The monoisotopic (exact) mass is 462 g/mol. The van der Waals surface area contributed by atoms with Crippen LogP contribution in [0.1, 0.15) is 48.8 Å². The summed E-state index contributed by atoms with van der Waals surface area (Å²) in [5, 5.41) is 20.0. The van der Waals surface area contributed by atoms with Crippen LogP contribution in [-0.4, -0.2) is 18.8 Å². The maximum Gasteiger partial charge on any atom is 0.215 e. The molecule has 7 heteroatoms. The van der Waals surface area contributed by atoms with Gasteiger partial charge in [-0.25, -0.2) is 13.3 Å². The molecule has 2 aliphatic rings. The average molecular weight is 463 g/mol. The molecule has 0 saturated heterocycles. The van der Waals surface area contributed by atoms with Gasteiger partial charge in [-0.1, -0.05) is 36.4 Å². The van der Waals surface area contributed by atoms with Crippen molar-refractivity contribution in [2.24, 2.45) is 0 Å². The number of para-hydroxylation sites is 1. The lowest BCUT2D eigenvalue weighted by molar-refractivity contribution is -0.600. The lowest BCUT2D eigenvalue weighted by Gasteiger charge is -2.16. The van der Waals surface area contributed by atoms with Gasteiger partial charge in [0.05, 0.1) is 10.3 Å². The second-order valence-electron chi connectivity index (χ2n) is 8.80. The van der Waals surface area contributed by atoms with Gasteiger partial charge in [-0.05, 0) is 44.0 Å². The van der Waals surface area contributed by atoms with Gasteiger partial charge in [0.15, 0.2) is 11.9 Å². The van der Waals surface area contributed by atoms with Crippen LogP contribution in [0, 0.1) is 0 Å². The molecule has 0 amide bonds. The van der Waals surface area contributed by atoms with E-state index in [2.05, 4.69) is 30.5 Å². The Hall–Kier alpha value is -3.26. The molecule has 0 fully saturated rings. The van der Waals surface area contributed by atoms with Gasteiger partial charge in [0.25, 0.3) is 0 Å². The van der Waals surface area contributed by atoms with Gasteiger partial charge in [-0.15, -0.1) is 0 Å². The SMILES string of the molecule is CC1(C)c2ccccc2-[n+]2ccc(C(C/C=C/C3=C(O)c4ccccc4S3(=O)=O)OO)cc21. The van der Waals surface area contributed by atoms with Crippen molar-refractivity contribution in [1.82, 2.24) is 0 Å². The van der Waals surface area contributed by atoms with Gasteiger partial charge in [0.2, 0.25) is 15.5 Å². The first kappa shape index (κ1) is 21.6. The fourth-order valence-corrected chi connectivity index (χ4v) is 6.33. The van der Waals surface area contributed by atoms with Crippen LogP contribution >= 0.6 is 0 Å². The van der Waals surface area contributed by atoms with E-state index in [0.29, 0.717) is 5.56 Å². The molecule has 168 valence electrons. The number of aliphatic hydroxyl groups is 1. The van der Waals surface area contributed by atoms with Crippen LogP contribution in [0.4, 0.5) is 0 Å². The third-order valence-electron chi connectivity index (χ3n) is 6.53. The average Bonchev–Trinajstić information content (AvgIpc) is 3.16. The number of nitrogens with zero attached hydrogens (tertiary/aromatic N) is 1. The molecule has 0 saturated carbocycles. The number of sulfone groups is 1. The van der Waals surface area contributed by atoms with Crippen LogP contribution in [0.2, 0.25) is 0 Å². The molecule has 3 aromatic rings. The second-order valence-corrected chi connectivity index (χ2v) is 10.7. The van der Waals surface area contributed by atoms with E-state index in [0.717, 1.165) is 16.9 Å². The van der Waals surface area contributed by atoms with Crippen LogP contribution in [0.25, 0.3) is 11.4 Å². The highest BCUT2D eigenvalue weighted by Gasteiger charge is 2.43. The van der Waals surface area contributed by atoms with Gasteiger partial charge in [0, 0.05) is 29.3 Å². The Morgan fingerprint density at radius 3 is 2.58 bits per heavy atom. The van der Waals surface area contributed by atoms with Crippen molar-refractivity contribution in [2.45, 2.75) is 36.7 Å². The van der Waals surface area contributed by atoms with Crippen molar-refractivity contribution in [2.75, 3.05) is 0 Å². The summed E-state index contributed by atoms with van der Waals surface area (Å²) in [5.74, 6) is -0.267. The van der Waals surface area contributed by atoms with E-state index in [-0.39, 0.29) is 27.4 Å². The highest BCUT2D eigenvalue weighted by atomic mass is 32.2. The zero-order chi connectivity index (χ0) is 23.4. The Morgan fingerprint density at radius 1 is 1.09 bits per heavy atom. The molecule has 2 aromatic carbocycles. The standard InChI is InChI=1S/C26H23NO5S/c1-26(2)19-9-4-5-10-20(19)27-15-14-17(16-24(26)27)21(32-29)11-7-13-23-25(28)18-8-3-6-12-22(18)33(23,30)31/h3-10,12-16,21H,11H2,1-2H3,(H-,28,29)/p+1/b13-7+. The third kappa shape index (κ3) is 3.23. The van der Waals surface area contributed by atoms with E-state index in [4.69, 9.17) is 4.89 Å². The molecule has 0 spiro atoms. The van der Waals surface area contributed by atoms with Crippen LogP contribution in [-0.2, 0) is 20.1 Å². The molecule has 33 heavy (non-hydrogen) atoms. The van der Waals surface area contributed by atoms with Crippen LogP contribution in [0.3, 0.4) is 0 Å². The smallest absolute Gasteiger partial charge is 0.215 e. The number of rotatable bonds is 5. The minimum Gasteiger partial charge on any atom is -0.506 e. The summed E-state index contributed by atoms with van der Waals surface area (Å²) in [7, 11) is -3.78. The van der Waals surface area contributed by atoms with Crippen molar-refractivity contribution in [3.8, 4) is 5.69 Å². The minimum atomic E-state index is -3.78. The Bertz CT molecular complexity index is 1440. The molecule has 2 aliphatic heterocycles. The zero-order valence-electron chi connectivity index (χ0n) is 18.3. The normalized spacial score (nSPS) is 18.3. The number of hydrogen-bond acceptors (Lipinski definition) is 5. The molecule has 2 N–H and O–H groups in total. The fraction of sp³-hybridized carbons (Fsp3) is 0.192. The molecule has 6 nitrogen and oxygen atoms in total. The molecular formula is C26H24NO5S+. The van der Waals surface area contributed by atoms with Crippen molar-refractivity contribution < 1.29 is 28.2 Å². The van der Waals surface area contributed by atoms with E-state index < -0.39 is 15.9 Å². The Kier molecular flexibility index (Phi) is 5.01. The number of pyridine rings is 1. The quantitative estimate of drug-likeness (QED) is 0.323. The molecule has 0 aliphatic carbocycles. The van der Waals surface area contributed by atoms with E-state index in [1.54, 1.807) is 24.3 Å². The summed E-state index contributed by atoms with van der Waals surface area (Å²) < 4.78 is 27.7. The van der Waals surface area contributed by atoms with Gasteiger partial charge >= 0.3 is 0 Å². The predicted molar refractivity (Wildman–Crippen MR) is 123 cm³/mol. The Balaban J connectivity index is 1.43. The van der Waals surface area contributed by atoms with Gasteiger partial charge < -0.3 is 5.11 Å². The van der Waals surface area contributed by atoms with Crippen molar-refractivity contribution >= 4 is 15.6 Å². The van der Waals surface area contributed by atoms with Crippen molar-refractivity contribution in [3.63, 3.8) is 0 Å². The first-order valence-corrected chi connectivity index (χ1v) is 12.2. The van der Waals surface area contributed by atoms with Crippen LogP contribution in [0.5, 0.6) is 0 Å². The predicted octanol–water partition coefficient (Wildman–Crippen LogP) is 4.79. The summed E-state index contributed by atoms with van der Waals surface area (Å²) in [4.78, 5) is 4.70. The summed E-state index contributed by atoms with van der Waals surface area (Å²) in [6.45, 7) is 4.31. The lowest BCUT2D eigenvalue weighted by Crippen LogP contribution is -2.34. The summed E-state index contributed by atoms with van der Waals surface area (Å²) >= 11 is 0. The molecule has 0 bridgehead atoms. The largest absolute Gasteiger partial charge is 0.506 e. The minimum absolute atomic E-state index is 0.0922. The fourth-order valence-electron chi connectivity index (χ4n) is 4.74. The zero-order valence-corrected chi connectivity index (χ0v) is 19.1. The first-order chi connectivity index (χ1) is 15.8. The lowest BCUT2D eigenvalue weighted by atomic mass is 9.82. The number of aromatic nitrogens is 1. The number of fused-ring (bicyclic) bond motifs is 4. The van der Waals surface area contributed by atoms with E-state index in [1.165, 1.54) is 17.7 Å². The molecule has 1 unspecified atom stereocenters. The van der Waals surface area contributed by atoms with E-state index >= 15 is 0 Å². The van der Waals surface area contributed by atoms with Gasteiger partial charge in [0.1, 0.15) is 16.8 Å². The summed E-state index contributed by atoms with van der Waals surface area (Å²) in [6, 6.07) is 18.5. The van der Waals surface area contributed by atoms with E-state index in [1.807, 2.05) is 30.5 Å². The Morgan fingerprint density at radius 2 is 1.82 bits per heavy atom. The molecule has 1 aromatic heterocycles. The first-order valence-electron chi connectivity index (χ1n) is 10.7. The third-order valence-corrected chi connectivity index (χ3v) is 8.37. The number of benzene rings is 2. The van der Waals surface area contributed by atoms with Crippen LogP contribution < -0.4 is 4.57 Å². The number of allylic oxidation sites excluding steroid dienone is 1. The van der Waals surface area contributed by atoms with Gasteiger partial charge in [-0.3, -0.25) is 5.26 Å². The highest BCUT2D eigenvalue weighted by molar-refractivity contribution is 7.96.